The Balaban J connectivity index is 1.89. The monoisotopic (exact) mass is 419 g/mol. The number of methoxy groups -OCH3 is 1. The van der Waals surface area contributed by atoms with E-state index in [-0.39, 0.29) is 11.3 Å². The summed E-state index contributed by atoms with van der Waals surface area (Å²) < 4.78 is 9.51. The smallest absolute Gasteiger partial charge is 0.339 e. The molecule has 0 bridgehead atoms. The highest BCUT2D eigenvalue weighted by molar-refractivity contribution is 6.08. The van der Waals surface area contributed by atoms with Gasteiger partial charge in [0.2, 0.25) is 0 Å². The second kappa shape index (κ2) is 9.86. The molecule has 1 aliphatic rings. The van der Waals surface area contributed by atoms with Gasteiger partial charge in [-0.05, 0) is 25.5 Å². The number of esters is 2. The number of para-hydroxylation sites is 1. The van der Waals surface area contributed by atoms with Crippen molar-refractivity contribution in [1.82, 2.24) is 10.2 Å². The number of imide groups is 1. The highest BCUT2D eigenvalue weighted by Gasteiger charge is 2.47. The normalized spacial score (nSPS) is 18.0. The van der Waals surface area contributed by atoms with Gasteiger partial charge in [-0.15, -0.1) is 0 Å². The third-order valence-corrected chi connectivity index (χ3v) is 4.63. The molecule has 1 aromatic carbocycles. The zero-order valence-electron chi connectivity index (χ0n) is 17.1. The van der Waals surface area contributed by atoms with Crippen LogP contribution in [-0.4, -0.2) is 60.5 Å². The first-order valence-corrected chi connectivity index (χ1v) is 9.48. The van der Waals surface area contributed by atoms with Crippen LogP contribution in [0.4, 0.5) is 10.5 Å². The summed E-state index contributed by atoms with van der Waals surface area (Å²) in [6.07, 6.45) is 2.06. The van der Waals surface area contributed by atoms with Crippen molar-refractivity contribution in [3.8, 4) is 0 Å². The lowest BCUT2D eigenvalue weighted by atomic mass is 9.95. The Hall–Kier alpha value is -3.43. The van der Waals surface area contributed by atoms with Crippen LogP contribution in [0.5, 0.6) is 0 Å². The Morgan fingerprint density at radius 3 is 2.57 bits per heavy atom. The molecular formula is C20H25N3O7. The maximum absolute atomic E-state index is 12.5. The van der Waals surface area contributed by atoms with Crippen LogP contribution in [0, 0.1) is 0 Å². The molecule has 10 heteroatoms. The van der Waals surface area contributed by atoms with Gasteiger partial charge in [0.05, 0.1) is 18.4 Å². The molecule has 30 heavy (non-hydrogen) atoms. The third kappa shape index (κ3) is 5.34. The lowest BCUT2D eigenvalue weighted by Gasteiger charge is -2.21. The molecule has 162 valence electrons. The minimum atomic E-state index is -1.05. The summed E-state index contributed by atoms with van der Waals surface area (Å²) in [6, 6.07) is 5.51. The molecule has 0 radical (unpaired) electrons. The number of rotatable bonds is 9. The predicted molar refractivity (Wildman–Crippen MR) is 106 cm³/mol. The average molecular weight is 419 g/mol. The lowest BCUT2D eigenvalue weighted by Crippen LogP contribution is -2.44. The molecule has 0 aliphatic carbocycles. The fourth-order valence-electron chi connectivity index (χ4n) is 2.98. The van der Waals surface area contributed by atoms with Gasteiger partial charge < -0.3 is 20.1 Å². The van der Waals surface area contributed by atoms with Crippen LogP contribution in [0.25, 0.3) is 0 Å². The summed E-state index contributed by atoms with van der Waals surface area (Å²) in [5.74, 6) is -2.73. The van der Waals surface area contributed by atoms with Crippen molar-refractivity contribution in [2.24, 2.45) is 0 Å². The van der Waals surface area contributed by atoms with Gasteiger partial charge >= 0.3 is 18.0 Å². The Bertz CT molecular complexity index is 855. The fourth-order valence-corrected chi connectivity index (χ4v) is 2.98. The molecule has 2 N–H and O–H groups in total. The van der Waals surface area contributed by atoms with Crippen molar-refractivity contribution in [3.63, 3.8) is 0 Å². The van der Waals surface area contributed by atoms with E-state index < -0.39 is 48.5 Å². The van der Waals surface area contributed by atoms with Crippen LogP contribution in [-0.2, 0) is 23.9 Å². The van der Waals surface area contributed by atoms with Crippen LogP contribution < -0.4 is 10.6 Å². The van der Waals surface area contributed by atoms with E-state index in [1.807, 2.05) is 6.92 Å². The summed E-state index contributed by atoms with van der Waals surface area (Å²) in [5.41, 5.74) is -0.709. The van der Waals surface area contributed by atoms with Crippen LogP contribution in [0.1, 0.15) is 43.5 Å². The fraction of sp³-hybridized carbons (Fsp3) is 0.450. The number of nitrogens with one attached hydrogen (secondary N) is 2. The summed E-state index contributed by atoms with van der Waals surface area (Å²) in [6.45, 7) is 2.33. The quantitative estimate of drug-likeness (QED) is 0.457. The summed E-state index contributed by atoms with van der Waals surface area (Å²) >= 11 is 0. The number of hydrogen-bond donors (Lipinski definition) is 2. The number of amides is 4. The number of benzene rings is 1. The molecule has 1 aromatic rings. The van der Waals surface area contributed by atoms with E-state index in [1.165, 1.54) is 19.2 Å². The Morgan fingerprint density at radius 1 is 1.20 bits per heavy atom. The third-order valence-electron chi connectivity index (χ3n) is 4.63. The highest BCUT2D eigenvalue weighted by atomic mass is 16.5. The predicted octanol–water partition coefficient (Wildman–Crippen LogP) is 1.46. The second-order valence-electron chi connectivity index (χ2n) is 7.00. The first-order valence-electron chi connectivity index (χ1n) is 9.48. The molecule has 2 rings (SSSR count). The largest absolute Gasteiger partial charge is 0.465 e. The first kappa shape index (κ1) is 22.9. The number of carbonyl (C=O) groups excluding carboxylic acids is 5. The van der Waals surface area contributed by atoms with Crippen molar-refractivity contribution in [3.05, 3.63) is 29.8 Å². The van der Waals surface area contributed by atoms with Gasteiger partial charge in [0.15, 0.2) is 6.61 Å². The second-order valence-corrected chi connectivity index (χ2v) is 7.00. The van der Waals surface area contributed by atoms with Crippen LogP contribution in [0.15, 0.2) is 24.3 Å². The number of hydrogen-bond acceptors (Lipinski definition) is 7. The molecule has 10 nitrogen and oxygen atoms in total. The van der Waals surface area contributed by atoms with Gasteiger partial charge in [-0.1, -0.05) is 31.9 Å². The number of ether oxygens (including phenoxy) is 2. The number of nitrogens with zero attached hydrogens (tertiary/aromatic N) is 1. The molecule has 1 fully saturated rings. The van der Waals surface area contributed by atoms with Crippen molar-refractivity contribution < 1.29 is 33.4 Å². The van der Waals surface area contributed by atoms with Gasteiger partial charge in [-0.3, -0.25) is 19.3 Å². The maximum atomic E-state index is 12.5. The number of unbranched alkanes of at least 4 members (excludes halogenated alkanes) is 1. The van der Waals surface area contributed by atoms with Gasteiger partial charge in [0, 0.05) is 0 Å². The molecule has 0 aromatic heterocycles. The molecule has 4 amide bonds. The van der Waals surface area contributed by atoms with Gasteiger partial charge in [0.25, 0.3) is 11.8 Å². The molecule has 1 saturated heterocycles. The molecule has 0 spiro atoms. The first-order chi connectivity index (χ1) is 14.2. The Kier molecular flexibility index (Phi) is 7.51. The lowest BCUT2D eigenvalue weighted by molar-refractivity contribution is -0.150. The highest BCUT2D eigenvalue weighted by Crippen LogP contribution is 2.23. The minimum Gasteiger partial charge on any atom is -0.465 e. The van der Waals surface area contributed by atoms with Crippen molar-refractivity contribution in [2.45, 2.75) is 38.6 Å². The van der Waals surface area contributed by atoms with Crippen LogP contribution >= 0.6 is 0 Å². The molecular weight excluding hydrogens is 394 g/mol. The maximum Gasteiger partial charge on any atom is 0.339 e. The van der Waals surface area contributed by atoms with E-state index in [2.05, 4.69) is 15.4 Å². The zero-order valence-corrected chi connectivity index (χ0v) is 17.1. The van der Waals surface area contributed by atoms with E-state index in [0.717, 1.165) is 17.7 Å². The van der Waals surface area contributed by atoms with Crippen molar-refractivity contribution in [2.75, 3.05) is 25.6 Å². The van der Waals surface area contributed by atoms with E-state index in [9.17, 15) is 24.0 Å². The van der Waals surface area contributed by atoms with Crippen LogP contribution in [0.3, 0.4) is 0 Å². The molecule has 1 aliphatic heterocycles. The molecule has 0 saturated carbocycles. The van der Waals surface area contributed by atoms with E-state index in [0.29, 0.717) is 6.42 Å². The van der Waals surface area contributed by atoms with E-state index in [4.69, 9.17) is 4.74 Å². The SMILES string of the molecule is CCCC[C@@]1(C)NC(=O)N(CC(=O)OCC(=O)Nc2ccccc2C(=O)OC)C1=O. The van der Waals surface area contributed by atoms with Crippen molar-refractivity contribution >= 4 is 35.5 Å². The van der Waals surface area contributed by atoms with Gasteiger partial charge in [-0.2, -0.15) is 0 Å². The van der Waals surface area contributed by atoms with Gasteiger partial charge in [0.1, 0.15) is 12.1 Å². The average Bonchev–Trinajstić information content (AvgIpc) is 2.94. The van der Waals surface area contributed by atoms with Crippen molar-refractivity contribution in [1.29, 1.82) is 0 Å². The number of anilines is 1. The summed E-state index contributed by atoms with van der Waals surface area (Å²) in [7, 11) is 1.21. The standard InChI is InChI=1S/C20H25N3O7/c1-4-5-10-20(2)18(27)23(19(28)22-20)11-16(25)30-12-15(24)21-14-9-7-6-8-13(14)17(26)29-3/h6-9H,4-5,10-12H2,1-3H3,(H,21,24)(H,22,28)/t20-/m1/s1. The molecule has 1 atom stereocenters. The van der Waals surface area contributed by atoms with Gasteiger partial charge in [-0.25, -0.2) is 9.59 Å². The zero-order chi connectivity index (χ0) is 22.3. The molecule has 1 heterocycles. The number of urea groups is 1. The Morgan fingerprint density at radius 2 is 1.90 bits per heavy atom. The summed E-state index contributed by atoms with van der Waals surface area (Å²) in [4.78, 5) is 61.2. The van der Waals surface area contributed by atoms with Crippen LogP contribution in [0.2, 0.25) is 0 Å². The van der Waals surface area contributed by atoms with E-state index in [1.54, 1.807) is 19.1 Å². The topological polar surface area (TPSA) is 131 Å². The number of carbonyl (C=O) groups is 5. The summed E-state index contributed by atoms with van der Waals surface area (Å²) in [5, 5.41) is 5.05. The Labute approximate surface area is 173 Å². The molecule has 0 unspecified atom stereocenters. The minimum absolute atomic E-state index is 0.144. The van der Waals surface area contributed by atoms with E-state index >= 15 is 0 Å².